The number of benzene rings is 1. The van der Waals surface area contributed by atoms with Gasteiger partial charge in [0.15, 0.2) is 0 Å². The van der Waals surface area contributed by atoms with Crippen LogP contribution >= 0.6 is 0 Å². The summed E-state index contributed by atoms with van der Waals surface area (Å²) in [5.41, 5.74) is 2.82. The van der Waals surface area contributed by atoms with Gasteiger partial charge in [0.25, 0.3) is 0 Å². The van der Waals surface area contributed by atoms with Crippen LogP contribution in [0.15, 0.2) is 24.3 Å². The van der Waals surface area contributed by atoms with Gasteiger partial charge < -0.3 is 10.2 Å². The third kappa shape index (κ3) is 4.77. The second kappa shape index (κ2) is 7.42. The summed E-state index contributed by atoms with van der Waals surface area (Å²) >= 11 is 0. The first kappa shape index (κ1) is 13.2. The fraction of sp³-hybridized carbons (Fsp3) is 0.571. The van der Waals surface area contributed by atoms with Crippen LogP contribution in [0.2, 0.25) is 0 Å². The second-order valence-electron chi connectivity index (χ2n) is 4.41. The molecule has 0 aliphatic rings. The average molecular weight is 220 g/mol. The zero-order valence-corrected chi connectivity index (χ0v) is 10.8. The predicted molar refractivity (Wildman–Crippen MR) is 70.7 cm³/mol. The van der Waals surface area contributed by atoms with E-state index in [1.54, 1.807) is 0 Å². The normalized spacial score (nSPS) is 11.0. The number of aryl methyl sites for hydroxylation is 1. The van der Waals surface area contributed by atoms with Crippen molar-refractivity contribution in [2.45, 2.75) is 26.8 Å². The zero-order valence-electron chi connectivity index (χ0n) is 10.8. The van der Waals surface area contributed by atoms with Gasteiger partial charge in [-0.1, -0.05) is 31.2 Å². The fourth-order valence-corrected chi connectivity index (χ4v) is 1.73. The SMILES string of the molecule is CCCNCCN(C)Cc1ccccc1C. The minimum absolute atomic E-state index is 1.04. The molecule has 0 bridgehead atoms. The van der Waals surface area contributed by atoms with Crippen LogP contribution in [-0.4, -0.2) is 31.6 Å². The maximum absolute atomic E-state index is 3.42. The molecular formula is C14H24N2. The van der Waals surface area contributed by atoms with E-state index in [1.807, 2.05) is 0 Å². The molecule has 0 radical (unpaired) electrons. The lowest BCUT2D eigenvalue weighted by atomic mass is 10.1. The van der Waals surface area contributed by atoms with E-state index in [9.17, 15) is 0 Å². The molecule has 1 rings (SSSR count). The van der Waals surface area contributed by atoms with Gasteiger partial charge in [0.2, 0.25) is 0 Å². The first-order chi connectivity index (χ1) is 7.74. The average Bonchev–Trinajstić information content (AvgIpc) is 2.28. The van der Waals surface area contributed by atoms with Gasteiger partial charge in [0, 0.05) is 19.6 Å². The highest BCUT2D eigenvalue weighted by atomic mass is 15.1. The minimum atomic E-state index is 1.04. The molecule has 1 N–H and O–H groups in total. The Morgan fingerprint density at radius 2 is 1.94 bits per heavy atom. The lowest BCUT2D eigenvalue weighted by Gasteiger charge is -2.18. The Balaban J connectivity index is 2.28. The summed E-state index contributed by atoms with van der Waals surface area (Å²) in [6, 6.07) is 8.61. The second-order valence-corrected chi connectivity index (χ2v) is 4.41. The molecule has 0 saturated heterocycles. The summed E-state index contributed by atoms with van der Waals surface area (Å²) in [6.07, 6.45) is 1.21. The molecule has 1 aromatic rings. The van der Waals surface area contributed by atoms with Crippen LogP contribution in [0.1, 0.15) is 24.5 Å². The summed E-state index contributed by atoms with van der Waals surface area (Å²) in [7, 11) is 2.18. The standard InChI is InChI=1S/C14H24N2/c1-4-9-15-10-11-16(3)12-14-8-6-5-7-13(14)2/h5-8,15H,4,9-12H2,1-3H3. The Morgan fingerprint density at radius 1 is 1.19 bits per heavy atom. The van der Waals surface area contributed by atoms with Crippen LogP contribution in [-0.2, 0) is 6.54 Å². The number of hydrogen-bond donors (Lipinski definition) is 1. The highest BCUT2D eigenvalue weighted by Gasteiger charge is 2.01. The molecule has 0 amide bonds. The van der Waals surface area contributed by atoms with E-state index in [2.05, 4.69) is 55.4 Å². The van der Waals surface area contributed by atoms with Crippen LogP contribution < -0.4 is 5.32 Å². The topological polar surface area (TPSA) is 15.3 Å². The summed E-state index contributed by atoms with van der Waals surface area (Å²) in [5, 5.41) is 3.42. The molecule has 0 spiro atoms. The van der Waals surface area contributed by atoms with Crippen LogP contribution in [0.3, 0.4) is 0 Å². The third-order valence-electron chi connectivity index (χ3n) is 2.80. The molecule has 0 heterocycles. The van der Waals surface area contributed by atoms with E-state index in [1.165, 1.54) is 17.5 Å². The van der Waals surface area contributed by atoms with E-state index >= 15 is 0 Å². The smallest absolute Gasteiger partial charge is 0.0233 e. The Bertz CT molecular complexity index is 297. The number of nitrogens with one attached hydrogen (secondary N) is 1. The van der Waals surface area contributed by atoms with E-state index in [4.69, 9.17) is 0 Å². The zero-order chi connectivity index (χ0) is 11.8. The molecule has 0 aromatic heterocycles. The van der Waals surface area contributed by atoms with Gasteiger partial charge in [0.05, 0.1) is 0 Å². The number of hydrogen-bond acceptors (Lipinski definition) is 2. The Morgan fingerprint density at radius 3 is 2.62 bits per heavy atom. The number of nitrogens with zero attached hydrogens (tertiary/aromatic N) is 1. The Hall–Kier alpha value is -0.860. The van der Waals surface area contributed by atoms with Crippen molar-refractivity contribution in [2.24, 2.45) is 0 Å². The third-order valence-corrected chi connectivity index (χ3v) is 2.80. The fourth-order valence-electron chi connectivity index (χ4n) is 1.73. The first-order valence-corrected chi connectivity index (χ1v) is 6.17. The van der Waals surface area contributed by atoms with Crippen molar-refractivity contribution in [1.82, 2.24) is 10.2 Å². The molecule has 0 fully saturated rings. The van der Waals surface area contributed by atoms with Crippen molar-refractivity contribution in [2.75, 3.05) is 26.7 Å². The van der Waals surface area contributed by atoms with Gasteiger partial charge in [-0.15, -0.1) is 0 Å². The quantitative estimate of drug-likeness (QED) is 0.710. The van der Waals surface area contributed by atoms with Gasteiger partial charge in [-0.2, -0.15) is 0 Å². The summed E-state index contributed by atoms with van der Waals surface area (Å²) < 4.78 is 0. The molecular weight excluding hydrogens is 196 g/mol. The molecule has 0 atom stereocenters. The highest BCUT2D eigenvalue weighted by molar-refractivity contribution is 5.25. The lowest BCUT2D eigenvalue weighted by Crippen LogP contribution is -2.29. The van der Waals surface area contributed by atoms with Gasteiger partial charge in [-0.3, -0.25) is 0 Å². The number of rotatable bonds is 7. The number of likely N-dealkylation sites (N-methyl/N-ethyl adjacent to an activating group) is 1. The Kier molecular flexibility index (Phi) is 6.12. The van der Waals surface area contributed by atoms with Crippen molar-refractivity contribution in [3.63, 3.8) is 0 Å². The summed E-state index contributed by atoms with van der Waals surface area (Å²) in [4.78, 5) is 2.37. The first-order valence-electron chi connectivity index (χ1n) is 6.17. The minimum Gasteiger partial charge on any atom is -0.315 e. The van der Waals surface area contributed by atoms with Gasteiger partial charge in [0.1, 0.15) is 0 Å². The van der Waals surface area contributed by atoms with Crippen LogP contribution in [0.25, 0.3) is 0 Å². The van der Waals surface area contributed by atoms with Crippen LogP contribution in [0.4, 0.5) is 0 Å². The molecule has 0 aliphatic heterocycles. The van der Waals surface area contributed by atoms with Crippen LogP contribution in [0, 0.1) is 6.92 Å². The van der Waals surface area contributed by atoms with E-state index in [-0.39, 0.29) is 0 Å². The molecule has 2 nitrogen and oxygen atoms in total. The van der Waals surface area contributed by atoms with Crippen LogP contribution in [0.5, 0.6) is 0 Å². The van der Waals surface area contributed by atoms with Gasteiger partial charge in [-0.25, -0.2) is 0 Å². The van der Waals surface area contributed by atoms with E-state index in [0.29, 0.717) is 0 Å². The van der Waals surface area contributed by atoms with E-state index < -0.39 is 0 Å². The van der Waals surface area contributed by atoms with Crippen molar-refractivity contribution >= 4 is 0 Å². The summed E-state index contributed by atoms with van der Waals surface area (Å²) in [5.74, 6) is 0. The van der Waals surface area contributed by atoms with Crippen molar-refractivity contribution in [1.29, 1.82) is 0 Å². The molecule has 0 saturated carbocycles. The van der Waals surface area contributed by atoms with E-state index in [0.717, 1.165) is 26.2 Å². The lowest BCUT2D eigenvalue weighted by molar-refractivity contribution is 0.324. The van der Waals surface area contributed by atoms with Crippen molar-refractivity contribution in [3.8, 4) is 0 Å². The van der Waals surface area contributed by atoms with Crippen molar-refractivity contribution < 1.29 is 0 Å². The Labute approximate surface area is 99.7 Å². The maximum atomic E-state index is 3.42. The van der Waals surface area contributed by atoms with Gasteiger partial charge >= 0.3 is 0 Å². The van der Waals surface area contributed by atoms with Gasteiger partial charge in [-0.05, 0) is 38.1 Å². The molecule has 0 aliphatic carbocycles. The largest absolute Gasteiger partial charge is 0.315 e. The maximum Gasteiger partial charge on any atom is 0.0233 e. The van der Waals surface area contributed by atoms with Crippen molar-refractivity contribution in [3.05, 3.63) is 35.4 Å². The molecule has 0 unspecified atom stereocenters. The molecule has 2 heteroatoms. The molecule has 1 aromatic carbocycles. The predicted octanol–water partition coefficient (Wildman–Crippen LogP) is 2.43. The molecule has 90 valence electrons. The molecule has 16 heavy (non-hydrogen) atoms. The highest BCUT2D eigenvalue weighted by Crippen LogP contribution is 2.08. The monoisotopic (exact) mass is 220 g/mol. The summed E-state index contributed by atoms with van der Waals surface area (Å²) in [6.45, 7) is 8.73.